The van der Waals surface area contributed by atoms with Gasteiger partial charge in [0.15, 0.2) is 0 Å². The molecule has 13 heavy (non-hydrogen) atoms. The fourth-order valence-corrected chi connectivity index (χ4v) is 1.94. The molecule has 0 aliphatic carbocycles. The quantitative estimate of drug-likeness (QED) is 0.739. The van der Waals surface area contributed by atoms with Crippen molar-refractivity contribution < 1.29 is 8.42 Å². The molecule has 0 atom stereocenters. The SMILES string of the molecule is CCNS(=O)(=O)c1ccccc1.[Na]. The van der Waals surface area contributed by atoms with Gasteiger partial charge in [0, 0.05) is 36.1 Å². The molecule has 0 aliphatic rings. The van der Waals surface area contributed by atoms with Crippen LogP contribution in [-0.4, -0.2) is 44.5 Å². The molecule has 0 heterocycles. The van der Waals surface area contributed by atoms with Crippen molar-refractivity contribution in [3.63, 3.8) is 0 Å². The molecule has 0 fully saturated rings. The Labute approximate surface area is 101 Å². The molecule has 0 unspecified atom stereocenters. The smallest absolute Gasteiger partial charge is 0.211 e. The zero-order valence-corrected chi connectivity index (χ0v) is 10.6. The summed E-state index contributed by atoms with van der Waals surface area (Å²) in [6.45, 7) is 2.16. The van der Waals surface area contributed by atoms with Gasteiger partial charge in [0.05, 0.1) is 4.90 Å². The van der Waals surface area contributed by atoms with Crippen molar-refractivity contribution in [1.29, 1.82) is 0 Å². The molecule has 1 N–H and O–H groups in total. The van der Waals surface area contributed by atoms with Gasteiger partial charge >= 0.3 is 0 Å². The maximum Gasteiger partial charge on any atom is 0.240 e. The van der Waals surface area contributed by atoms with Crippen LogP contribution in [0.15, 0.2) is 35.2 Å². The molecule has 1 rings (SSSR count). The first-order valence-electron chi connectivity index (χ1n) is 3.71. The molecule has 1 aromatic carbocycles. The third-order valence-electron chi connectivity index (χ3n) is 1.39. The zero-order chi connectivity index (χ0) is 9.03. The number of rotatable bonds is 3. The Kier molecular flexibility index (Phi) is 5.83. The predicted octanol–water partition coefficient (Wildman–Crippen LogP) is 0.604. The Morgan fingerprint density at radius 1 is 1.23 bits per heavy atom. The first-order chi connectivity index (χ1) is 5.67. The molecule has 5 heteroatoms. The number of benzene rings is 1. The molecule has 0 aliphatic heterocycles. The Balaban J connectivity index is 0.00000144. The molecule has 0 saturated carbocycles. The molecule has 0 spiro atoms. The Morgan fingerprint density at radius 3 is 2.23 bits per heavy atom. The van der Waals surface area contributed by atoms with E-state index in [2.05, 4.69) is 4.72 Å². The number of sulfonamides is 1. The molecule has 0 aromatic heterocycles. The van der Waals surface area contributed by atoms with Gasteiger partial charge in [-0.05, 0) is 12.1 Å². The Hall–Kier alpha value is 0.130. The predicted molar refractivity (Wildman–Crippen MR) is 53.1 cm³/mol. The first kappa shape index (κ1) is 13.1. The number of nitrogens with one attached hydrogen (secondary N) is 1. The van der Waals surface area contributed by atoms with Crippen molar-refractivity contribution in [2.75, 3.05) is 6.54 Å². The van der Waals surface area contributed by atoms with Gasteiger partial charge in [0.2, 0.25) is 10.0 Å². The second-order valence-corrected chi connectivity index (χ2v) is 4.08. The normalized spacial score (nSPS) is 10.5. The summed E-state index contributed by atoms with van der Waals surface area (Å²) in [6.07, 6.45) is 0. The summed E-state index contributed by atoms with van der Waals surface area (Å²) in [5, 5.41) is 0. The van der Waals surface area contributed by atoms with Gasteiger partial charge in [-0.3, -0.25) is 0 Å². The van der Waals surface area contributed by atoms with Crippen LogP contribution in [0.3, 0.4) is 0 Å². The van der Waals surface area contributed by atoms with E-state index < -0.39 is 10.0 Å². The van der Waals surface area contributed by atoms with Crippen LogP contribution in [0.25, 0.3) is 0 Å². The summed E-state index contributed by atoms with van der Waals surface area (Å²) >= 11 is 0. The minimum Gasteiger partial charge on any atom is -0.211 e. The fraction of sp³-hybridized carbons (Fsp3) is 0.250. The van der Waals surface area contributed by atoms with Gasteiger partial charge in [-0.1, -0.05) is 25.1 Å². The van der Waals surface area contributed by atoms with E-state index in [1.165, 1.54) is 0 Å². The molecule has 3 nitrogen and oxygen atoms in total. The van der Waals surface area contributed by atoms with Crippen LogP contribution in [0, 0.1) is 0 Å². The van der Waals surface area contributed by atoms with Crippen LogP contribution in [0.4, 0.5) is 0 Å². The average molecular weight is 208 g/mol. The summed E-state index contributed by atoms with van der Waals surface area (Å²) < 4.78 is 25.1. The standard InChI is InChI=1S/C8H11NO2S.Na/c1-2-9-12(10,11)8-6-4-3-5-7-8;/h3-7,9H,2H2,1H3;. The van der Waals surface area contributed by atoms with Gasteiger partial charge in [-0.25, -0.2) is 13.1 Å². The summed E-state index contributed by atoms with van der Waals surface area (Å²) in [4.78, 5) is 0.312. The van der Waals surface area contributed by atoms with Crippen molar-refractivity contribution in [2.24, 2.45) is 0 Å². The van der Waals surface area contributed by atoms with E-state index in [9.17, 15) is 8.42 Å². The molecule has 67 valence electrons. The largest absolute Gasteiger partial charge is 0.240 e. The van der Waals surface area contributed by atoms with Crippen molar-refractivity contribution in [2.45, 2.75) is 11.8 Å². The van der Waals surface area contributed by atoms with Gasteiger partial charge in [0.1, 0.15) is 0 Å². The van der Waals surface area contributed by atoms with Crippen molar-refractivity contribution in [1.82, 2.24) is 4.72 Å². The van der Waals surface area contributed by atoms with E-state index in [0.717, 1.165) is 0 Å². The first-order valence-corrected chi connectivity index (χ1v) is 5.20. The molecule has 0 saturated heterocycles. The Morgan fingerprint density at radius 2 is 1.77 bits per heavy atom. The Bertz CT molecular complexity index is 336. The molecule has 0 bridgehead atoms. The van der Waals surface area contributed by atoms with Crippen LogP contribution in [-0.2, 0) is 10.0 Å². The van der Waals surface area contributed by atoms with E-state index in [0.29, 0.717) is 11.4 Å². The zero-order valence-electron chi connectivity index (χ0n) is 7.82. The van der Waals surface area contributed by atoms with Crippen LogP contribution < -0.4 is 4.72 Å². The minimum atomic E-state index is -3.26. The van der Waals surface area contributed by atoms with E-state index in [-0.39, 0.29) is 29.6 Å². The fourth-order valence-electron chi connectivity index (χ4n) is 0.873. The van der Waals surface area contributed by atoms with Crippen LogP contribution >= 0.6 is 0 Å². The maximum absolute atomic E-state index is 11.3. The van der Waals surface area contributed by atoms with Crippen molar-refractivity contribution >= 4 is 39.6 Å². The van der Waals surface area contributed by atoms with E-state index in [4.69, 9.17) is 0 Å². The van der Waals surface area contributed by atoms with E-state index in [1.54, 1.807) is 37.3 Å². The van der Waals surface area contributed by atoms with Crippen LogP contribution in [0.5, 0.6) is 0 Å². The van der Waals surface area contributed by atoms with Crippen molar-refractivity contribution in [3.05, 3.63) is 30.3 Å². The van der Waals surface area contributed by atoms with Crippen LogP contribution in [0.2, 0.25) is 0 Å². The summed E-state index contributed by atoms with van der Waals surface area (Å²) in [5.74, 6) is 0. The molecular weight excluding hydrogens is 197 g/mol. The van der Waals surface area contributed by atoms with Gasteiger partial charge in [-0.15, -0.1) is 0 Å². The van der Waals surface area contributed by atoms with E-state index in [1.807, 2.05) is 0 Å². The second kappa shape index (κ2) is 5.78. The van der Waals surface area contributed by atoms with Crippen LogP contribution in [0.1, 0.15) is 6.92 Å². The summed E-state index contributed by atoms with van der Waals surface area (Å²) in [5.41, 5.74) is 0. The monoisotopic (exact) mass is 208 g/mol. The molecule has 0 amide bonds. The second-order valence-electron chi connectivity index (χ2n) is 2.31. The van der Waals surface area contributed by atoms with E-state index >= 15 is 0 Å². The van der Waals surface area contributed by atoms with Crippen molar-refractivity contribution in [3.8, 4) is 0 Å². The molecular formula is C8H11NNaO2S. The third kappa shape index (κ3) is 3.79. The third-order valence-corrected chi connectivity index (χ3v) is 2.95. The van der Waals surface area contributed by atoms with Gasteiger partial charge in [-0.2, -0.15) is 0 Å². The summed E-state index contributed by atoms with van der Waals surface area (Å²) in [6, 6.07) is 8.31. The van der Waals surface area contributed by atoms with Gasteiger partial charge in [0.25, 0.3) is 0 Å². The van der Waals surface area contributed by atoms with Gasteiger partial charge < -0.3 is 0 Å². The maximum atomic E-state index is 11.3. The molecule has 1 aromatic rings. The minimum absolute atomic E-state index is 0. The average Bonchev–Trinajstić information content (AvgIpc) is 2.06. The number of hydrogen-bond donors (Lipinski definition) is 1. The topological polar surface area (TPSA) is 46.2 Å². The number of hydrogen-bond acceptors (Lipinski definition) is 2. The summed E-state index contributed by atoms with van der Waals surface area (Å²) in [7, 11) is -3.26. The molecule has 1 radical (unpaired) electrons.